The summed E-state index contributed by atoms with van der Waals surface area (Å²) in [6, 6.07) is 7.61. The van der Waals surface area contributed by atoms with Gasteiger partial charge in [-0.1, -0.05) is 38.8 Å². The highest BCUT2D eigenvalue weighted by molar-refractivity contribution is 6.17. The van der Waals surface area contributed by atoms with Gasteiger partial charge in [0.2, 0.25) is 0 Å². The Morgan fingerprint density at radius 1 is 1.26 bits per heavy atom. The largest absolute Gasteiger partial charge is 0.339 e. The minimum absolute atomic E-state index is 0.112. The Bertz CT molecular complexity index is 401. The second kappa shape index (κ2) is 8.21. The molecule has 1 aromatic carbocycles. The number of nitrogens with zero attached hydrogens (tertiary/aromatic N) is 1. The number of hydrogen-bond acceptors (Lipinski definition) is 1. The molecule has 1 aromatic rings. The molecule has 0 unspecified atom stereocenters. The molecule has 0 aliphatic rings. The van der Waals surface area contributed by atoms with Crippen LogP contribution in [-0.4, -0.2) is 23.9 Å². The first-order chi connectivity index (χ1) is 9.15. The van der Waals surface area contributed by atoms with Gasteiger partial charge in [0.25, 0.3) is 5.91 Å². The molecule has 1 amide bonds. The van der Waals surface area contributed by atoms with Crippen molar-refractivity contribution in [2.45, 2.75) is 39.5 Å². The van der Waals surface area contributed by atoms with E-state index in [1.807, 2.05) is 36.1 Å². The fourth-order valence-electron chi connectivity index (χ4n) is 2.18. The number of carbonyl (C=O) groups excluding carboxylic acids is 1. The van der Waals surface area contributed by atoms with Crippen LogP contribution in [0.25, 0.3) is 0 Å². The Morgan fingerprint density at radius 3 is 2.47 bits per heavy atom. The van der Waals surface area contributed by atoms with Gasteiger partial charge in [-0.25, -0.2) is 0 Å². The van der Waals surface area contributed by atoms with E-state index in [0.29, 0.717) is 11.8 Å². The maximum Gasteiger partial charge on any atom is 0.253 e. The first-order valence-electron chi connectivity index (χ1n) is 7.10. The lowest BCUT2D eigenvalue weighted by molar-refractivity contribution is 0.0735. The molecule has 0 bridgehead atoms. The third-order valence-electron chi connectivity index (χ3n) is 3.63. The van der Waals surface area contributed by atoms with Gasteiger partial charge in [0.15, 0.2) is 0 Å². The Balaban J connectivity index is 2.82. The summed E-state index contributed by atoms with van der Waals surface area (Å²) in [4.78, 5) is 14.4. The molecule has 0 saturated carbocycles. The predicted octanol–water partition coefficient (Wildman–Crippen LogP) is 4.32. The third-order valence-corrected chi connectivity index (χ3v) is 3.94. The predicted molar refractivity (Wildman–Crippen MR) is 81.6 cm³/mol. The van der Waals surface area contributed by atoms with Crippen LogP contribution < -0.4 is 0 Å². The topological polar surface area (TPSA) is 20.3 Å². The standard InChI is InChI=1S/C16H24ClNO/c1-4-13(5-2)12-18(6-3)16(19)15-9-7-8-14(10-15)11-17/h7-10,13H,4-6,11-12H2,1-3H3. The van der Waals surface area contributed by atoms with Gasteiger partial charge in [-0.05, 0) is 30.5 Å². The summed E-state index contributed by atoms with van der Waals surface area (Å²) in [7, 11) is 0. The molecule has 1 rings (SSSR count). The fourth-order valence-corrected chi connectivity index (χ4v) is 2.35. The lowest BCUT2D eigenvalue weighted by Crippen LogP contribution is -2.35. The summed E-state index contributed by atoms with van der Waals surface area (Å²) in [5.41, 5.74) is 1.73. The van der Waals surface area contributed by atoms with Crippen molar-refractivity contribution in [1.29, 1.82) is 0 Å². The summed E-state index contributed by atoms with van der Waals surface area (Å²) in [5.74, 6) is 1.14. The molecule has 0 radical (unpaired) electrons. The van der Waals surface area contributed by atoms with E-state index < -0.39 is 0 Å². The van der Waals surface area contributed by atoms with Crippen LogP contribution in [0.1, 0.15) is 49.5 Å². The molecular weight excluding hydrogens is 258 g/mol. The van der Waals surface area contributed by atoms with Crippen molar-refractivity contribution in [3.63, 3.8) is 0 Å². The van der Waals surface area contributed by atoms with Crippen LogP contribution >= 0.6 is 11.6 Å². The number of alkyl halides is 1. The fraction of sp³-hybridized carbons (Fsp3) is 0.562. The van der Waals surface area contributed by atoms with Crippen LogP contribution in [0.4, 0.5) is 0 Å². The highest BCUT2D eigenvalue weighted by Crippen LogP contribution is 2.14. The van der Waals surface area contributed by atoms with E-state index in [0.717, 1.165) is 37.1 Å². The number of benzene rings is 1. The molecule has 0 N–H and O–H groups in total. The van der Waals surface area contributed by atoms with Crippen molar-refractivity contribution in [2.24, 2.45) is 5.92 Å². The number of carbonyl (C=O) groups is 1. The van der Waals surface area contributed by atoms with Gasteiger partial charge in [-0.3, -0.25) is 4.79 Å². The average molecular weight is 282 g/mol. The number of halogens is 1. The summed E-state index contributed by atoms with van der Waals surface area (Å²) >= 11 is 5.82. The van der Waals surface area contributed by atoms with Crippen molar-refractivity contribution < 1.29 is 4.79 Å². The second-order valence-corrected chi connectivity index (χ2v) is 5.13. The summed E-state index contributed by atoms with van der Waals surface area (Å²) < 4.78 is 0. The Labute approximate surface area is 121 Å². The molecule has 0 aromatic heterocycles. The smallest absolute Gasteiger partial charge is 0.253 e. The van der Waals surface area contributed by atoms with Gasteiger partial charge in [-0.2, -0.15) is 0 Å². The lowest BCUT2D eigenvalue weighted by Gasteiger charge is -2.25. The summed E-state index contributed by atoms with van der Waals surface area (Å²) in [6.45, 7) is 7.99. The van der Waals surface area contributed by atoms with Crippen molar-refractivity contribution >= 4 is 17.5 Å². The van der Waals surface area contributed by atoms with Crippen molar-refractivity contribution in [3.05, 3.63) is 35.4 Å². The van der Waals surface area contributed by atoms with Crippen LogP contribution in [0.15, 0.2) is 24.3 Å². The molecule has 0 atom stereocenters. The van der Waals surface area contributed by atoms with Gasteiger partial charge in [0.05, 0.1) is 0 Å². The lowest BCUT2D eigenvalue weighted by atomic mass is 10.0. The van der Waals surface area contributed by atoms with E-state index in [9.17, 15) is 4.79 Å². The monoisotopic (exact) mass is 281 g/mol. The molecular formula is C16H24ClNO. The van der Waals surface area contributed by atoms with Crippen LogP contribution in [0.3, 0.4) is 0 Å². The number of rotatable bonds is 7. The summed E-state index contributed by atoms with van der Waals surface area (Å²) in [5, 5.41) is 0. The highest BCUT2D eigenvalue weighted by atomic mass is 35.5. The molecule has 0 saturated heterocycles. The molecule has 0 spiro atoms. The molecule has 0 aliphatic heterocycles. The van der Waals surface area contributed by atoms with E-state index in [-0.39, 0.29) is 5.91 Å². The van der Waals surface area contributed by atoms with Crippen LogP contribution in [0, 0.1) is 5.92 Å². The van der Waals surface area contributed by atoms with Gasteiger partial charge in [0.1, 0.15) is 0 Å². The quantitative estimate of drug-likeness (QED) is 0.682. The van der Waals surface area contributed by atoms with E-state index in [1.165, 1.54) is 0 Å². The van der Waals surface area contributed by atoms with Gasteiger partial charge < -0.3 is 4.90 Å². The maximum absolute atomic E-state index is 12.5. The second-order valence-electron chi connectivity index (χ2n) is 4.86. The molecule has 0 aliphatic carbocycles. The van der Waals surface area contributed by atoms with E-state index >= 15 is 0 Å². The highest BCUT2D eigenvalue weighted by Gasteiger charge is 2.17. The molecule has 3 heteroatoms. The van der Waals surface area contributed by atoms with Crippen molar-refractivity contribution in [2.75, 3.05) is 13.1 Å². The zero-order chi connectivity index (χ0) is 14.3. The first-order valence-corrected chi connectivity index (χ1v) is 7.63. The van der Waals surface area contributed by atoms with Crippen molar-refractivity contribution in [3.8, 4) is 0 Å². The van der Waals surface area contributed by atoms with Crippen LogP contribution in [0.2, 0.25) is 0 Å². The van der Waals surface area contributed by atoms with Gasteiger partial charge in [-0.15, -0.1) is 11.6 Å². The Kier molecular flexibility index (Phi) is 6.93. The molecule has 0 fully saturated rings. The third kappa shape index (κ3) is 4.54. The van der Waals surface area contributed by atoms with Gasteiger partial charge in [0, 0.05) is 24.5 Å². The minimum atomic E-state index is 0.112. The zero-order valence-corrected chi connectivity index (χ0v) is 12.9. The number of hydrogen-bond donors (Lipinski definition) is 0. The van der Waals surface area contributed by atoms with Gasteiger partial charge >= 0.3 is 0 Å². The minimum Gasteiger partial charge on any atom is -0.339 e. The molecule has 19 heavy (non-hydrogen) atoms. The Hall–Kier alpha value is -1.02. The van der Waals surface area contributed by atoms with E-state index in [2.05, 4.69) is 13.8 Å². The zero-order valence-electron chi connectivity index (χ0n) is 12.2. The average Bonchev–Trinajstić information content (AvgIpc) is 2.48. The normalized spacial score (nSPS) is 10.8. The maximum atomic E-state index is 12.5. The van der Waals surface area contributed by atoms with Crippen LogP contribution in [-0.2, 0) is 5.88 Å². The number of amides is 1. The Morgan fingerprint density at radius 2 is 1.95 bits per heavy atom. The van der Waals surface area contributed by atoms with Crippen LogP contribution in [0.5, 0.6) is 0 Å². The molecule has 2 nitrogen and oxygen atoms in total. The van der Waals surface area contributed by atoms with E-state index in [4.69, 9.17) is 11.6 Å². The van der Waals surface area contributed by atoms with Crippen molar-refractivity contribution in [1.82, 2.24) is 4.90 Å². The molecule has 0 heterocycles. The molecule has 106 valence electrons. The first kappa shape index (κ1) is 16.0. The SMILES string of the molecule is CCC(CC)CN(CC)C(=O)c1cccc(CCl)c1. The van der Waals surface area contributed by atoms with E-state index in [1.54, 1.807) is 0 Å². The summed E-state index contributed by atoms with van der Waals surface area (Å²) in [6.07, 6.45) is 2.23.